The number of rotatable bonds is 3. The van der Waals surface area contributed by atoms with Crippen LogP contribution in [-0.4, -0.2) is 11.8 Å². The predicted octanol–water partition coefficient (Wildman–Crippen LogP) is 0.433. The average Bonchev–Trinajstić information content (AvgIpc) is 1.87. The lowest BCUT2D eigenvalue weighted by atomic mass is 10.1. The monoisotopic (exact) mass is 123 g/mol. The molecule has 0 bridgehead atoms. The van der Waals surface area contributed by atoms with Crippen LogP contribution in [0.5, 0.6) is 0 Å². The molecule has 0 aliphatic rings. The lowest BCUT2D eigenvalue weighted by molar-refractivity contribution is 0.882. The van der Waals surface area contributed by atoms with E-state index >= 15 is 0 Å². The molecule has 0 rings (SSSR count). The Morgan fingerprint density at radius 3 is 2.89 bits per heavy atom. The summed E-state index contributed by atoms with van der Waals surface area (Å²) in [7, 11) is 0. The third-order valence-electron chi connectivity index (χ3n) is 0.931. The first-order valence-electron chi connectivity index (χ1n) is 2.55. The molecule has 0 aromatic heterocycles. The summed E-state index contributed by atoms with van der Waals surface area (Å²) in [4.78, 5) is 0. The van der Waals surface area contributed by atoms with Gasteiger partial charge in [-0.05, 0) is 6.08 Å². The molecule has 0 heterocycles. The molecule has 0 aliphatic carbocycles. The molecule has 0 aromatic carbocycles. The Hall–Kier alpha value is -1.14. The van der Waals surface area contributed by atoms with E-state index in [0.717, 1.165) is 0 Å². The zero-order valence-corrected chi connectivity index (χ0v) is 5.09. The second kappa shape index (κ2) is 3.81. The first-order chi connectivity index (χ1) is 4.22. The third-order valence-corrected chi connectivity index (χ3v) is 0.931. The van der Waals surface area contributed by atoms with Crippen molar-refractivity contribution in [2.75, 3.05) is 0 Å². The molecule has 3 heteroatoms. The molecule has 0 spiro atoms. The molecule has 0 aromatic rings. The minimum atomic E-state index is -0.465. The maximum atomic E-state index is 8.12. The Kier molecular flexibility index (Phi) is 3.33. The van der Waals surface area contributed by atoms with Crippen LogP contribution in [-0.2, 0) is 0 Å². The smallest absolute Gasteiger partial charge is 0.0642 e. The van der Waals surface area contributed by atoms with E-state index in [9.17, 15) is 0 Å². The number of nitriles is 1. The second-order valence-corrected chi connectivity index (χ2v) is 1.63. The van der Waals surface area contributed by atoms with Gasteiger partial charge in [-0.25, -0.2) is 0 Å². The van der Waals surface area contributed by atoms with Gasteiger partial charge < -0.3 is 11.1 Å². The van der Waals surface area contributed by atoms with Crippen molar-refractivity contribution in [2.45, 2.75) is 12.5 Å². The standard InChI is InChI=1S/C6H9N3/c1-2-5(8)6(9)3-4-7/h2,6,8H,1,3,9H2. The largest absolute Gasteiger partial charge is 0.322 e. The van der Waals surface area contributed by atoms with Gasteiger partial charge in [-0.1, -0.05) is 6.58 Å². The van der Waals surface area contributed by atoms with E-state index in [1.165, 1.54) is 6.08 Å². The van der Waals surface area contributed by atoms with Crippen molar-refractivity contribution in [3.8, 4) is 6.07 Å². The Morgan fingerprint density at radius 1 is 2.00 bits per heavy atom. The minimum absolute atomic E-state index is 0.185. The van der Waals surface area contributed by atoms with Crippen molar-refractivity contribution in [2.24, 2.45) is 5.73 Å². The highest BCUT2D eigenvalue weighted by Gasteiger charge is 2.02. The van der Waals surface area contributed by atoms with Crippen LogP contribution < -0.4 is 5.73 Å². The highest BCUT2D eigenvalue weighted by Crippen LogP contribution is 1.88. The van der Waals surface area contributed by atoms with E-state index in [4.69, 9.17) is 16.4 Å². The van der Waals surface area contributed by atoms with Gasteiger partial charge in [-0.15, -0.1) is 0 Å². The van der Waals surface area contributed by atoms with Gasteiger partial charge in [0.25, 0.3) is 0 Å². The topological polar surface area (TPSA) is 73.7 Å². The first kappa shape index (κ1) is 7.86. The number of nitrogens with one attached hydrogen (secondary N) is 1. The van der Waals surface area contributed by atoms with E-state index in [1.807, 2.05) is 6.07 Å². The summed E-state index contributed by atoms with van der Waals surface area (Å²) in [6.45, 7) is 3.35. The van der Waals surface area contributed by atoms with E-state index in [1.54, 1.807) is 0 Å². The van der Waals surface area contributed by atoms with Crippen molar-refractivity contribution in [1.82, 2.24) is 0 Å². The van der Waals surface area contributed by atoms with E-state index in [2.05, 4.69) is 6.58 Å². The van der Waals surface area contributed by atoms with E-state index in [-0.39, 0.29) is 12.1 Å². The zero-order valence-electron chi connectivity index (χ0n) is 5.09. The number of hydrogen-bond acceptors (Lipinski definition) is 3. The van der Waals surface area contributed by atoms with E-state index < -0.39 is 6.04 Å². The lowest BCUT2D eigenvalue weighted by Crippen LogP contribution is -2.27. The van der Waals surface area contributed by atoms with Crippen LogP contribution in [0.1, 0.15) is 6.42 Å². The van der Waals surface area contributed by atoms with Crippen molar-refractivity contribution in [3.05, 3.63) is 12.7 Å². The molecule has 3 N–H and O–H groups in total. The zero-order chi connectivity index (χ0) is 7.28. The van der Waals surface area contributed by atoms with Gasteiger partial charge in [-0.2, -0.15) is 5.26 Å². The van der Waals surface area contributed by atoms with Crippen molar-refractivity contribution in [3.63, 3.8) is 0 Å². The quantitative estimate of drug-likeness (QED) is 0.534. The molecular formula is C6H9N3. The maximum Gasteiger partial charge on any atom is 0.0642 e. The van der Waals surface area contributed by atoms with Crippen LogP contribution in [0, 0.1) is 16.7 Å². The summed E-state index contributed by atoms with van der Waals surface area (Å²) in [6.07, 6.45) is 1.53. The van der Waals surface area contributed by atoms with Gasteiger partial charge in [0.1, 0.15) is 0 Å². The van der Waals surface area contributed by atoms with Crippen molar-refractivity contribution >= 4 is 5.71 Å². The average molecular weight is 123 g/mol. The molecule has 1 unspecified atom stereocenters. The second-order valence-electron chi connectivity index (χ2n) is 1.63. The van der Waals surface area contributed by atoms with E-state index in [0.29, 0.717) is 0 Å². The van der Waals surface area contributed by atoms with Crippen LogP contribution in [0.4, 0.5) is 0 Å². The predicted molar refractivity (Wildman–Crippen MR) is 36.1 cm³/mol. The maximum absolute atomic E-state index is 8.12. The summed E-state index contributed by atoms with van der Waals surface area (Å²) in [6, 6.07) is 1.40. The third kappa shape index (κ3) is 2.62. The van der Waals surface area contributed by atoms with Gasteiger partial charge in [0.2, 0.25) is 0 Å². The van der Waals surface area contributed by atoms with Gasteiger partial charge >= 0.3 is 0 Å². The molecule has 1 atom stereocenters. The van der Waals surface area contributed by atoms with Crippen LogP contribution in [0.25, 0.3) is 0 Å². The van der Waals surface area contributed by atoms with Crippen LogP contribution in [0.2, 0.25) is 0 Å². The highest BCUT2D eigenvalue weighted by molar-refractivity contribution is 5.96. The first-order valence-corrected chi connectivity index (χ1v) is 2.55. The summed E-state index contributed by atoms with van der Waals surface area (Å²) < 4.78 is 0. The summed E-state index contributed by atoms with van der Waals surface area (Å²) >= 11 is 0. The van der Waals surface area contributed by atoms with Crippen LogP contribution >= 0.6 is 0 Å². The molecule has 0 amide bonds. The summed E-state index contributed by atoms with van der Waals surface area (Å²) in [5.41, 5.74) is 5.54. The number of hydrogen-bond donors (Lipinski definition) is 2. The van der Waals surface area contributed by atoms with Gasteiger partial charge in [-0.3, -0.25) is 0 Å². The molecule has 48 valence electrons. The van der Waals surface area contributed by atoms with Gasteiger partial charge in [0.05, 0.1) is 18.5 Å². The fourth-order valence-corrected chi connectivity index (χ4v) is 0.360. The molecule has 0 radical (unpaired) electrons. The number of nitrogens with zero attached hydrogens (tertiary/aromatic N) is 1. The molecule has 9 heavy (non-hydrogen) atoms. The highest BCUT2D eigenvalue weighted by atomic mass is 14.7. The molecule has 3 nitrogen and oxygen atoms in total. The minimum Gasteiger partial charge on any atom is -0.322 e. The lowest BCUT2D eigenvalue weighted by Gasteiger charge is -2.02. The normalized spacial score (nSPS) is 11.6. The SMILES string of the molecule is C=CC(=N)C(N)CC#N. The summed E-state index contributed by atoms with van der Waals surface area (Å²) in [5.74, 6) is 0. The molecule has 0 aliphatic heterocycles. The van der Waals surface area contributed by atoms with Gasteiger partial charge in [0, 0.05) is 5.71 Å². The Morgan fingerprint density at radius 2 is 2.56 bits per heavy atom. The fraction of sp³-hybridized carbons (Fsp3) is 0.333. The number of nitrogens with two attached hydrogens (primary N) is 1. The Balaban J connectivity index is 3.75. The Bertz CT molecular complexity index is 154. The fourth-order valence-electron chi connectivity index (χ4n) is 0.360. The van der Waals surface area contributed by atoms with Gasteiger partial charge in [0.15, 0.2) is 0 Å². The molecule has 0 fully saturated rings. The molecule has 0 saturated carbocycles. The van der Waals surface area contributed by atoms with Crippen LogP contribution in [0.3, 0.4) is 0 Å². The molecule has 0 saturated heterocycles. The molecular weight excluding hydrogens is 114 g/mol. The van der Waals surface area contributed by atoms with Crippen molar-refractivity contribution < 1.29 is 0 Å². The Labute approximate surface area is 54.3 Å². The summed E-state index contributed by atoms with van der Waals surface area (Å²) in [5, 5.41) is 15.2. The van der Waals surface area contributed by atoms with Crippen molar-refractivity contribution in [1.29, 1.82) is 10.7 Å². The van der Waals surface area contributed by atoms with Crippen LogP contribution in [0.15, 0.2) is 12.7 Å².